The summed E-state index contributed by atoms with van der Waals surface area (Å²) in [6.07, 6.45) is 6.55. The summed E-state index contributed by atoms with van der Waals surface area (Å²) in [5.41, 5.74) is 1.41. The molecule has 0 spiro atoms. The fraction of sp³-hybridized carbons (Fsp3) is 0.778. The molecule has 5 nitrogen and oxygen atoms in total. The molecule has 0 atom stereocenters. The van der Waals surface area contributed by atoms with Gasteiger partial charge in [-0.1, -0.05) is 12.2 Å². The van der Waals surface area contributed by atoms with Crippen molar-refractivity contribution in [2.75, 3.05) is 59.4 Å². The minimum absolute atomic E-state index is 0.0665. The first-order valence-corrected chi connectivity index (χ1v) is 8.99. The maximum Gasteiger partial charge on any atom is 0.0813 e. The Kier molecular flexibility index (Phi) is 6.65. The second kappa shape index (κ2) is 8.29. The Labute approximate surface area is 142 Å². The molecule has 2 heterocycles. The van der Waals surface area contributed by atoms with E-state index in [1.54, 1.807) is 0 Å². The molecule has 0 saturated carbocycles. The van der Waals surface area contributed by atoms with Gasteiger partial charge in [-0.25, -0.2) is 10.0 Å². The highest BCUT2D eigenvalue weighted by atomic mass is 15.7. The van der Waals surface area contributed by atoms with E-state index in [1.165, 1.54) is 5.70 Å². The number of hydrogen-bond donors (Lipinski definition) is 1. The molecule has 132 valence electrons. The van der Waals surface area contributed by atoms with Crippen molar-refractivity contribution < 1.29 is 0 Å². The van der Waals surface area contributed by atoms with E-state index in [2.05, 4.69) is 78.1 Å². The van der Waals surface area contributed by atoms with Crippen molar-refractivity contribution in [3.63, 3.8) is 0 Å². The highest BCUT2D eigenvalue weighted by Gasteiger charge is 2.35. The molecule has 0 amide bonds. The van der Waals surface area contributed by atoms with Crippen molar-refractivity contribution in [2.24, 2.45) is 0 Å². The molecule has 23 heavy (non-hydrogen) atoms. The third-order valence-corrected chi connectivity index (χ3v) is 5.36. The van der Waals surface area contributed by atoms with Crippen LogP contribution in [-0.4, -0.2) is 84.9 Å². The predicted molar refractivity (Wildman–Crippen MR) is 98.0 cm³/mol. The molecule has 0 aliphatic carbocycles. The lowest BCUT2D eigenvalue weighted by Crippen LogP contribution is -2.66. The Hall–Kier alpha value is -0.880. The normalized spacial score (nSPS) is 23.2. The standard InChI is InChI=1S/C18H35N5/c1-6-8-17(7-2)21-13-15-23(16-14-21)20(5)18(3,4)22-11-9-19-10-12-22/h6-8,19H,9-16H2,1-5H3/b8-6-,17-7+. The van der Waals surface area contributed by atoms with Gasteiger partial charge in [0.15, 0.2) is 0 Å². The predicted octanol–water partition coefficient (Wildman–Crippen LogP) is 1.57. The van der Waals surface area contributed by atoms with Gasteiger partial charge in [-0.05, 0) is 33.8 Å². The van der Waals surface area contributed by atoms with E-state index in [0.717, 1.165) is 52.4 Å². The van der Waals surface area contributed by atoms with E-state index in [0.29, 0.717) is 0 Å². The molecule has 0 aromatic carbocycles. The Morgan fingerprint density at radius 2 is 1.61 bits per heavy atom. The first-order chi connectivity index (χ1) is 11.0. The van der Waals surface area contributed by atoms with Crippen LogP contribution in [-0.2, 0) is 0 Å². The quantitative estimate of drug-likeness (QED) is 0.775. The number of nitrogens with zero attached hydrogens (tertiary/aromatic N) is 4. The minimum Gasteiger partial charge on any atom is -0.369 e. The molecule has 5 heteroatoms. The van der Waals surface area contributed by atoms with E-state index >= 15 is 0 Å². The Morgan fingerprint density at radius 3 is 2.13 bits per heavy atom. The molecular weight excluding hydrogens is 286 g/mol. The zero-order valence-electron chi connectivity index (χ0n) is 15.7. The van der Waals surface area contributed by atoms with Crippen LogP contribution < -0.4 is 5.32 Å². The van der Waals surface area contributed by atoms with E-state index in [9.17, 15) is 0 Å². The first kappa shape index (κ1) is 18.5. The summed E-state index contributed by atoms with van der Waals surface area (Å²) in [4.78, 5) is 5.08. The van der Waals surface area contributed by atoms with Gasteiger partial charge in [0.05, 0.1) is 5.66 Å². The van der Waals surface area contributed by atoms with Gasteiger partial charge in [0.25, 0.3) is 0 Å². The lowest BCUT2D eigenvalue weighted by molar-refractivity contribution is -0.157. The van der Waals surface area contributed by atoms with Crippen LogP contribution in [0, 0.1) is 0 Å². The SMILES string of the molecule is C/C=C\C(=C/C)N1CCN(N(C)C(C)(C)N2CCNCC2)CC1. The molecule has 0 bridgehead atoms. The third-order valence-electron chi connectivity index (χ3n) is 5.36. The molecule has 2 aliphatic heterocycles. The molecule has 0 radical (unpaired) electrons. The summed E-state index contributed by atoms with van der Waals surface area (Å²) >= 11 is 0. The number of hydrazine groups is 1. The van der Waals surface area contributed by atoms with Gasteiger partial charge in [0.1, 0.15) is 0 Å². The zero-order chi connectivity index (χ0) is 16.9. The number of hydrogen-bond acceptors (Lipinski definition) is 5. The monoisotopic (exact) mass is 321 g/mol. The first-order valence-electron chi connectivity index (χ1n) is 8.99. The van der Waals surface area contributed by atoms with Crippen LogP contribution in [0.4, 0.5) is 0 Å². The van der Waals surface area contributed by atoms with E-state index < -0.39 is 0 Å². The lowest BCUT2D eigenvalue weighted by Gasteiger charge is -2.52. The molecule has 2 rings (SSSR count). The molecule has 1 N–H and O–H groups in total. The molecule has 2 aliphatic rings. The molecule has 2 saturated heterocycles. The van der Waals surface area contributed by atoms with Gasteiger partial charge in [-0.3, -0.25) is 4.90 Å². The van der Waals surface area contributed by atoms with Crippen molar-refractivity contribution in [3.05, 3.63) is 23.9 Å². The second-order valence-electron chi connectivity index (χ2n) is 6.91. The third kappa shape index (κ3) is 4.35. The molecule has 2 fully saturated rings. The van der Waals surface area contributed by atoms with E-state index in [-0.39, 0.29) is 5.66 Å². The van der Waals surface area contributed by atoms with E-state index in [4.69, 9.17) is 0 Å². The fourth-order valence-corrected chi connectivity index (χ4v) is 3.57. The number of allylic oxidation sites excluding steroid dienone is 3. The molecule has 0 unspecified atom stereocenters. The second-order valence-corrected chi connectivity index (χ2v) is 6.91. The smallest absolute Gasteiger partial charge is 0.0813 e. The van der Waals surface area contributed by atoms with Crippen molar-refractivity contribution >= 4 is 0 Å². The zero-order valence-corrected chi connectivity index (χ0v) is 15.7. The van der Waals surface area contributed by atoms with Gasteiger partial charge in [-0.2, -0.15) is 0 Å². The summed E-state index contributed by atoms with van der Waals surface area (Å²) in [5.74, 6) is 0. The number of piperazine rings is 2. The Morgan fingerprint density at radius 1 is 1.00 bits per heavy atom. The van der Waals surface area contributed by atoms with Crippen LogP contribution in [0.25, 0.3) is 0 Å². The maximum absolute atomic E-state index is 3.45. The summed E-state index contributed by atoms with van der Waals surface area (Å²) in [6.45, 7) is 17.7. The van der Waals surface area contributed by atoms with Crippen LogP contribution in [0.2, 0.25) is 0 Å². The van der Waals surface area contributed by atoms with Crippen LogP contribution in [0.1, 0.15) is 27.7 Å². The fourth-order valence-electron chi connectivity index (χ4n) is 3.57. The minimum atomic E-state index is 0.0665. The summed E-state index contributed by atoms with van der Waals surface area (Å²) < 4.78 is 0. The maximum atomic E-state index is 3.45. The largest absolute Gasteiger partial charge is 0.369 e. The summed E-state index contributed by atoms with van der Waals surface area (Å²) in [6, 6.07) is 0. The number of nitrogens with one attached hydrogen (secondary N) is 1. The van der Waals surface area contributed by atoms with Gasteiger partial charge in [0.2, 0.25) is 0 Å². The Balaban J connectivity index is 1.93. The van der Waals surface area contributed by atoms with Gasteiger partial charge in [-0.15, -0.1) is 0 Å². The van der Waals surface area contributed by atoms with Crippen LogP contribution in [0.15, 0.2) is 23.9 Å². The van der Waals surface area contributed by atoms with Crippen molar-refractivity contribution in [1.82, 2.24) is 25.1 Å². The van der Waals surface area contributed by atoms with Crippen LogP contribution >= 0.6 is 0 Å². The Bertz CT molecular complexity index is 415. The number of rotatable bonds is 5. The lowest BCUT2D eigenvalue weighted by atomic mass is 10.1. The summed E-state index contributed by atoms with van der Waals surface area (Å²) in [7, 11) is 2.25. The topological polar surface area (TPSA) is 25.0 Å². The summed E-state index contributed by atoms with van der Waals surface area (Å²) in [5, 5.41) is 8.42. The van der Waals surface area contributed by atoms with E-state index in [1.807, 2.05) is 0 Å². The van der Waals surface area contributed by atoms with Crippen molar-refractivity contribution in [3.8, 4) is 0 Å². The van der Waals surface area contributed by atoms with Gasteiger partial charge >= 0.3 is 0 Å². The van der Waals surface area contributed by atoms with Gasteiger partial charge in [0, 0.05) is 65.1 Å². The van der Waals surface area contributed by atoms with Crippen molar-refractivity contribution in [1.29, 1.82) is 0 Å². The van der Waals surface area contributed by atoms with Crippen LogP contribution in [0.3, 0.4) is 0 Å². The highest BCUT2D eigenvalue weighted by molar-refractivity contribution is 5.16. The van der Waals surface area contributed by atoms with Crippen molar-refractivity contribution in [2.45, 2.75) is 33.4 Å². The highest BCUT2D eigenvalue weighted by Crippen LogP contribution is 2.22. The average Bonchev–Trinajstić information content (AvgIpc) is 2.60. The van der Waals surface area contributed by atoms with Gasteiger partial charge < -0.3 is 10.2 Å². The molecular formula is C18H35N5. The molecule has 0 aromatic rings. The molecule has 0 aromatic heterocycles. The van der Waals surface area contributed by atoms with Crippen LogP contribution in [0.5, 0.6) is 0 Å². The average molecular weight is 322 g/mol.